The molecule has 2 aromatic rings. The van der Waals surface area contributed by atoms with Crippen molar-refractivity contribution >= 4 is 5.97 Å². The van der Waals surface area contributed by atoms with Gasteiger partial charge >= 0.3 is 12.1 Å². The number of rotatable bonds is 4. The monoisotopic (exact) mass is 390 g/mol. The van der Waals surface area contributed by atoms with E-state index in [2.05, 4.69) is 0 Å². The Morgan fingerprint density at radius 2 is 1.81 bits per heavy atom. The van der Waals surface area contributed by atoms with Crippen LogP contribution < -0.4 is 4.74 Å². The number of carboxylic acids is 1. The fourth-order valence-corrected chi connectivity index (χ4v) is 2.78. The van der Waals surface area contributed by atoms with Gasteiger partial charge in [0.2, 0.25) is 0 Å². The number of hydrogen-bond acceptors (Lipinski definition) is 2. The summed E-state index contributed by atoms with van der Waals surface area (Å²) in [6.45, 7) is 1.42. The largest absolute Gasteiger partial charge is 0.478 e. The number of benzene rings is 2. The van der Waals surface area contributed by atoms with Crippen molar-refractivity contribution in [3.63, 3.8) is 0 Å². The van der Waals surface area contributed by atoms with Gasteiger partial charge in [0.05, 0.1) is 11.5 Å². The minimum Gasteiger partial charge on any atom is -0.478 e. The summed E-state index contributed by atoms with van der Waals surface area (Å²) in [7, 11) is 0. The Hall–Kier alpha value is -2.71. The van der Waals surface area contributed by atoms with E-state index in [1.54, 1.807) is 0 Å². The number of aryl methyl sites for hydroxylation is 1. The molecule has 1 fully saturated rings. The molecule has 0 aliphatic heterocycles. The van der Waals surface area contributed by atoms with Gasteiger partial charge in [-0.1, -0.05) is 0 Å². The third kappa shape index (κ3) is 3.72. The molecule has 1 saturated carbocycles. The van der Waals surface area contributed by atoms with Gasteiger partial charge in [0.25, 0.3) is 5.92 Å². The molecule has 1 atom stereocenters. The lowest BCUT2D eigenvalue weighted by Gasteiger charge is -2.18. The fourth-order valence-electron chi connectivity index (χ4n) is 2.78. The molecule has 0 radical (unpaired) electrons. The third-order valence-corrected chi connectivity index (χ3v) is 4.25. The van der Waals surface area contributed by atoms with Crippen LogP contribution in [0.1, 0.15) is 39.4 Å². The summed E-state index contributed by atoms with van der Waals surface area (Å²) in [6.07, 6.45) is -5.77. The van der Waals surface area contributed by atoms with E-state index in [0.29, 0.717) is 12.1 Å². The number of carboxylic acid groups (broad SMARTS) is 1. The van der Waals surface area contributed by atoms with E-state index in [4.69, 9.17) is 4.74 Å². The minimum atomic E-state index is -4.99. The Bertz CT molecular complexity index is 920. The molecule has 2 aromatic carbocycles. The van der Waals surface area contributed by atoms with E-state index in [0.717, 1.165) is 18.2 Å². The van der Waals surface area contributed by atoms with Gasteiger partial charge in [-0.05, 0) is 48.4 Å². The minimum absolute atomic E-state index is 0.0588. The number of ether oxygens (including phenoxy) is 1. The molecule has 1 aliphatic carbocycles. The maximum absolute atomic E-state index is 13.4. The number of halogens is 6. The highest BCUT2D eigenvalue weighted by Gasteiger charge is 2.59. The van der Waals surface area contributed by atoms with Crippen molar-refractivity contribution in [3.05, 3.63) is 58.4 Å². The lowest BCUT2D eigenvalue weighted by Crippen LogP contribution is -2.13. The molecule has 0 amide bonds. The van der Waals surface area contributed by atoms with E-state index < -0.39 is 58.7 Å². The highest BCUT2D eigenvalue weighted by atomic mass is 19.4. The fraction of sp³-hybridized carbons (Fsp3) is 0.278. The third-order valence-electron chi connectivity index (χ3n) is 4.25. The van der Waals surface area contributed by atoms with E-state index in [-0.39, 0.29) is 11.3 Å². The topological polar surface area (TPSA) is 46.5 Å². The first-order valence-corrected chi connectivity index (χ1v) is 7.70. The highest BCUT2D eigenvalue weighted by molar-refractivity contribution is 5.91. The van der Waals surface area contributed by atoms with Gasteiger partial charge in [-0.15, -0.1) is 0 Å². The molecule has 144 valence electrons. The second kappa shape index (κ2) is 6.17. The summed E-state index contributed by atoms with van der Waals surface area (Å²) in [5.41, 5.74) is -2.64. The molecule has 9 heteroatoms. The molecular formula is C18H12F6O3. The normalized spacial score (nSPS) is 18.3. The van der Waals surface area contributed by atoms with Crippen LogP contribution in [0.25, 0.3) is 0 Å². The molecule has 1 unspecified atom stereocenters. The zero-order valence-electron chi connectivity index (χ0n) is 13.7. The van der Waals surface area contributed by atoms with Crippen LogP contribution in [-0.4, -0.2) is 17.0 Å². The van der Waals surface area contributed by atoms with Crippen LogP contribution in [0.5, 0.6) is 11.5 Å². The van der Waals surface area contributed by atoms with Gasteiger partial charge < -0.3 is 9.84 Å². The predicted octanol–water partition coefficient (Wildman–Crippen LogP) is 5.77. The summed E-state index contributed by atoms with van der Waals surface area (Å²) >= 11 is 0. The van der Waals surface area contributed by atoms with Crippen LogP contribution in [-0.2, 0) is 6.18 Å². The van der Waals surface area contributed by atoms with Gasteiger partial charge in [-0.3, -0.25) is 0 Å². The molecule has 0 spiro atoms. The molecule has 0 aromatic heterocycles. The van der Waals surface area contributed by atoms with Crippen molar-refractivity contribution in [1.82, 2.24) is 0 Å². The maximum atomic E-state index is 13.4. The Morgan fingerprint density at radius 1 is 1.19 bits per heavy atom. The maximum Gasteiger partial charge on any atom is 0.416 e. The van der Waals surface area contributed by atoms with Crippen molar-refractivity contribution in [2.24, 2.45) is 0 Å². The van der Waals surface area contributed by atoms with Gasteiger partial charge in [0.15, 0.2) is 0 Å². The second-order valence-electron chi connectivity index (χ2n) is 6.27. The lowest BCUT2D eigenvalue weighted by molar-refractivity contribution is -0.138. The van der Waals surface area contributed by atoms with Gasteiger partial charge in [-0.25, -0.2) is 18.0 Å². The average Bonchev–Trinajstić information content (AvgIpc) is 3.17. The van der Waals surface area contributed by atoms with Crippen molar-refractivity contribution in [2.75, 3.05) is 0 Å². The van der Waals surface area contributed by atoms with Gasteiger partial charge in [0.1, 0.15) is 22.9 Å². The van der Waals surface area contributed by atoms with E-state index >= 15 is 0 Å². The molecule has 1 aliphatic rings. The van der Waals surface area contributed by atoms with Crippen molar-refractivity contribution in [1.29, 1.82) is 0 Å². The summed E-state index contributed by atoms with van der Waals surface area (Å²) in [5, 5.41) is 9.30. The quantitative estimate of drug-likeness (QED) is 0.675. The smallest absolute Gasteiger partial charge is 0.416 e. The second-order valence-corrected chi connectivity index (χ2v) is 6.27. The summed E-state index contributed by atoms with van der Waals surface area (Å²) < 4.78 is 85.2. The molecule has 3 rings (SSSR count). The molecule has 0 heterocycles. The Morgan fingerprint density at radius 3 is 2.30 bits per heavy atom. The first kappa shape index (κ1) is 19.1. The van der Waals surface area contributed by atoms with Crippen LogP contribution in [0, 0.1) is 12.7 Å². The van der Waals surface area contributed by atoms with Crippen LogP contribution in [0.15, 0.2) is 30.3 Å². The number of carbonyl (C=O) groups is 1. The summed E-state index contributed by atoms with van der Waals surface area (Å²) in [4.78, 5) is 11.5. The zero-order chi connectivity index (χ0) is 20.1. The van der Waals surface area contributed by atoms with Crippen LogP contribution in [0.4, 0.5) is 26.3 Å². The van der Waals surface area contributed by atoms with E-state index in [1.807, 2.05) is 0 Å². The van der Waals surface area contributed by atoms with Gasteiger partial charge in [0, 0.05) is 6.42 Å². The number of aromatic carboxylic acids is 1. The molecule has 3 nitrogen and oxygen atoms in total. The number of alkyl halides is 5. The molecule has 1 N–H and O–H groups in total. The molecular weight excluding hydrogens is 378 g/mol. The van der Waals surface area contributed by atoms with Crippen molar-refractivity contribution < 1.29 is 41.0 Å². The SMILES string of the molecule is Cc1cc(F)ccc1Oc1cc(C(F)(F)F)c(C2CC2(F)F)cc1C(=O)O. The van der Waals surface area contributed by atoms with Crippen molar-refractivity contribution in [3.8, 4) is 11.5 Å². The van der Waals surface area contributed by atoms with Crippen LogP contribution in [0.2, 0.25) is 0 Å². The zero-order valence-corrected chi connectivity index (χ0v) is 13.7. The Labute approximate surface area is 149 Å². The van der Waals surface area contributed by atoms with Crippen LogP contribution >= 0.6 is 0 Å². The predicted molar refractivity (Wildman–Crippen MR) is 81.9 cm³/mol. The summed E-state index contributed by atoms with van der Waals surface area (Å²) in [5.74, 6) is -7.99. The van der Waals surface area contributed by atoms with Crippen molar-refractivity contribution in [2.45, 2.75) is 31.4 Å². The Kier molecular flexibility index (Phi) is 4.36. The van der Waals surface area contributed by atoms with E-state index in [9.17, 15) is 36.2 Å². The van der Waals surface area contributed by atoms with Crippen LogP contribution in [0.3, 0.4) is 0 Å². The average molecular weight is 390 g/mol. The first-order valence-electron chi connectivity index (χ1n) is 7.70. The first-order chi connectivity index (χ1) is 12.4. The molecule has 0 saturated heterocycles. The molecule has 0 bridgehead atoms. The molecule has 27 heavy (non-hydrogen) atoms. The highest BCUT2D eigenvalue weighted by Crippen LogP contribution is 2.58. The Balaban J connectivity index is 2.14. The standard InChI is InChI=1S/C18H12F6O3/c1-8-4-9(19)2-3-14(8)27-15-6-12(18(22,23)24)10(5-11(15)16(25)26)13-7-17(13,20)21/h2-6,13H,7H2,1H3,(H,25,26). The lowest BCUT2D eigenvalue weighted by atomic mass is 9.98. The number of hydrogen-bond donors (Lipinski definition) is 1. The summed E-state index contributed by atoms with van der Waals surface area (Å²) in [6, 6.07) is 4.15. The van der Waals surface area contributed by atoms with Gasteiger partial charge in [-0.2, -0.15) is 13.2 Å². The van der Waals surface area contributed by atoms with E-state index in [1.165, 1.54) is 6.92 Å².